The van der Waals surface area contributed by atoms with Crippen LogP contribution in [-0.4, -0.2) is 35.1 Å². The van der Waals surface area contributed by atoms with Crippen molar-refractivity contribution in [2.24, 2.45) is 11.7 Å². The maximum absolute atomic E-state index is 12.4. The van der Waals surface area contributed by atoms with Crippen LogP contribution in [0.25, 0.3) is 11.3 Å². The quantitative estimate of drug-likeness (QED) is 0.866. The topological polar surface area (TPSA) is 90.1 Å². The molecule has 0 spiro atoms. The second kappa shape index (κ2) is 7.83. The number of hydrogen-bond donors (Lipinski definition) is 2. The second-order valence-electron chi connectivity index (χ2n) is 6.01. The summed E-state index contributed by atoms with van der Waals surface area (Å²) >= 11 is 1.53. The van der Waals surface area contributed by atoms with Gasteiger partial charge >= 0.3 is 0 Å². The SMILES string of the molecule is CC(NC(=O)C(N)C1CCOCC1)c1nc(-c2ccncc2)cs1. The van der Waals surface area contributed by atoms with Crippen molar-refractivity contribution in [1.82, 2.24) is 15.3 Å². The van der Waals surface area contributed by atoms with Gasteiger partial charge in [0, 0.05) is 36.6 Å². The number of ether oxygens (including phenoxy) is 1. The van der Waals surface area contributed by atoms with Crippen molar-refractivity contribution in [2.45, 2.75) is 31.8 Å². The van der Waals surface area contributed by atoms with Gasteiger partial charge in [0.1, 0.15) is 5.01 Å². The molecule has 3 rings (SSSR count). The molecule has 24 heavy (non-hydrogen) atoms. The zero-order valence-electron chi connectivity index (χ0n) is 13.6. The van der Waals surface area contributed by atoms with Crippen LogP contribution in [0.4, 0.5) is 0 Å². The van der Waals surface area contributed by atoms with Crippen LogP contribution in [0.15, 0.2) is 29.9 Å². The van der Waals surface area contributed by atoms with Gasteiger partial charge in [-0.25, -0.2) is 4.98 Å². The lowest BCUT2D eigenvalue weighted by molar-refractivity contribution is -0.125. The predicted octanol–water partition coefficient (Wildman–Crippen LogP) is 2.14. The van der Waals surface area contributed by atoms with Gasteiger partial charge in [0.2, 0.25) is 5.91 Å². The number of thiazole rings is 1. The lowest BCUT2D eigenvalue weighted by atomic mass is 9.92. The van der Waals surface area contributed by atoms with Gasteiger partial charge < -0.3 is 15.8 Å². The fourth-order valence-corrected chi connectivity index (χ4v) is 3.64. The van der Waals surface area contributed by atoms with Crippen molar-refractivity contribution in [3.8, 4) is 11.3 Å². The summed E-state index contributed by atoms with van der Waals surface area (Å²) in [5.74, 6) is 0.0738. The van der Waals surface area contributed by atoms with E-state index < -0.39 is 6.04 Å². The van der Waals surface area contributed by atoms with Crippen molar-refractivity contribution in [3.63, 3.8) is 0 Å². The van der Waals surface area contributed by atoms with Crippen molar-refractivity contribution in [3.05, 3.63) is 34.9 Å². The average molecular weight is 346 g/mol. The first kappa shape index (κ1) is 17.0. The minimum Gasteiger partial charge on any atom is -0.381 e. The van der Waals surface area contributed by atoms with Crippen LogP contribution in [0.3, 0.4) is 0 Å². The summed E-state index contributed by atoms with van der Waals surface area (Å²) in [5.41, 5.74) is 8.04. The van der Waals surface area contributed by atoms with Crippen LogP contribution in [0.1, 0.15) is 30.8 Å². The van der Waals surface area contributed by atoms with Crippen molar-refractivity contribution in [1.29, 1.82) is 0 Å². The molecule has 0 radical (unpaired) electrons. The maximum Gasteiger partial charge on any atom is 0.237 e. The molecule has 0 aliphatic carbocycles. The number of carbonyl (C=O) groups excluding carboxylic acids is 1. The number of nitrogens with zero attached hydrogens (tertiary/aromatic N) is 2. The number of carbonyl (C=O) groups is 1. The molecule has 1 saturated heterocycles. The van der Waals surface area contributed by atoms with Crippen molar-refractivity contribution < 1.29 is 9.53 Å². The van der Waals surface area contributed by atoms with Crippen LogP contribution in [-0.2, 0) is 9.53 Å². The molecule has 0 saturated carbocycles. The molecule has 2 aromatic rings. The molecule has 3 heterocycles. The summed E-state index contributed by atoms with van der Waals surface area (Å²) in [5, 5.41) is 5.85. The first-order chi connectivity index (χ1) is 11.6. The van der Waals surface area contributed by atoms with Gasteiger partial charge in [0.25, 0.3) is 0 Å². The van der Waals surface area contributed by atoms with E-state index >= 15 is 0 Å². The highest BCUT2D eigenvalue weighted by Crippen LogP contribution is 2.25. The second-order valence-corrected chi connectivity index (χ2v) is 6.90. The third kappa shape index (κ3) is 3.98. The molecule has 1 fully saturated rings. The molecular formula is C17H22N4O2S. The fraction of sp³-hybridized carbons (Fsp3) is 0.471. The summed E-state index contributed by atoms with van der Waals surface area (Å²) in [6.07, 6.45) is 5.16. The van der Waals surface area contributed by atoms with E-state index in [4.69, 9.17) is 10.5 Å². The Bertz CT molecular complexity index is 670. The standard InChI is InChI=1S/C17H22N4O2S/c1-11(20-16(22)15(18)13-4-8-23-9-5-13)17-21-14(10-24-17)12-2-6-19-7-3-12/h2-3,6-7,10-11,13,15H,4-5,8-9,18H2,1H3,(H,20,22). The van der Waals surface area contributed by atoms with E-state index in [0.717, 1.165) is 29.1 Å². The van der Waals surface area contributed by atoms with Gasteiger partial charge in [0.05, 0.1) is 17.8 Å². The van der Waals surface area contributed by atoms with Crippen LogP contribution in [0, 0.1) is 5.92 Å². The average Bonchev–Trinajstić information content (AvgIpc) is 3.13. The van der Waals surface area contributed by atoms with E-state index in [2.05, 4.69) is 15.3 Å². The Hall–Kier alpha value is -1.83. The molecule has 128 valence electrons. The first-order valence-corrected chi connectivity index (χ1v) is 9.02. The monoisotopic (exact) mass is 346 g/mol. The lowest BCUT2D eigenvalue weighted by Gasteiger charge is -2.27. The molecule has 2 atom stereocenters. The zero-order chi connectivity index (χ0) is 16.9. The molecule has 6 nitrogen and oxygen atoms in total. The van der Waals surface area contributed by atoms with Gasteiger partial charge in [0.15, 0.2) is 0 Å². The Balaban J connectivity index is 1.61. The Labute approximate surface area is 145 Å². The van der Waals surface area contributed by atoms with Gasteiger partial charge in [-0.1, -0.05) is 0 Å². The van der Waals surface area contributed by atoms with Gasteiger partial charge in [-0.3, -0.25) is 9.78 Å². The Morgan fingerprint density at radius 2 is 2.08 bits per heavy atom. The lowest BCUT2D eigenvalue weighted by Crippen LogP contribution is -2.47. The predicted molar refractivity (Wildman–Crippen MR) is 93.4 cm³/mol. The third-order valence-corrected chi connectivity index (χ3v) is 5.33. The van der Waals surface area contributed by atoms with E-state index in [9.17, 15) is 4.79 Å². The van der Waals surface area contributed by atoms with Crippen molar-refractivity contribution in [2.75, 3.05) is 13.2 Å². The maximum atomic E-state index is 12.4. The molecule has 0 bridgehead atoms. The molecule has 3 N–H and O–H groups in total. The molecule has 2 unspecified atom stereocenters. The molecular weight excluding hydrogens is 324 g/mol. The van der Waals surface area contributed by atoms with Gasteiger partial charge in [-0.2, -0.15) is 0 Å². The van der Waals surface area contributed by atoms with E-state index in [1.165, 1.54) is 11.3 Å². The summed E-state index contributed by atoms with van der Waals surface area (Å²) in [7, 11) is 0. The summed E-state index contributed by atoms with van der Waals surface area (Å²) in [6, 6.07) is 3.19. The summed E-state index contributed by atoms with van der Waals surface area (Å²) in [4.78, 5) is 21.0. The van der Waals surface area contributed by atoms with Crippen LogP contribution >= 0.6 is 11.3 Å². The summed E-state index contributed by atoms with van der Waals surface area (Å²) < 4.78 is 5.32. The highest BCUT2D eigenvalue weighted by Gasteiger charge is 2.27. The number of amides is 1. The Kier molecular flexibility index (Phi) is 5.55. The fourth-order valence-electron chi connectivity index (χ4n) is 2.80. The highest BCUT2D eigenvalue weighted by molar-refractivity contribution is 7.10. The minimum atomic E-state index is -0.490. The molecule has 7 heteroatoms. The van der Waals surface area contributed by atoms with Gasteiger partial charge in [-0.15, -0.1) is 11.3 Å². The molecule has 1 amide bonds. The number of rotatable bonds is 5. The largest absolute Gasteiger partial charge is 0.381 e. The number of hydrogen-bond acceptors (Lipinski definition) is 6. The van der Waals surface area contributed by atoms with E-state index in [-0.39, 0.29) is 17.9 Å². The Morgan fingerprint density at radius 1 is 1.38 bits per heavy atom. The van der Waals surface area contributed by atoms with Crippen LogP contribution in [0.2, 0.25) is 0 Å². The molecule has 1 aliphatic rings. The van der Waals surface area contributed by atoms with Gasteiger partial charge in [-0.05, 0) is 37.8 Å². The molecule has 0 aromatic carbocycles. The van der Waals surface area contributed by atoms with E-state index in [1.807, 2.05) is 24.4 Å². The van der Waals surface area contributed by atoms with Crippen LogP contribution in [0.5, 0.6) is 0 Å². The summed E-state index contributed by atoms with van der Waals surface area (Å²) in [6.45, 7) is 3.30. The smallest absolute Gasteiger partial charge is 0.237 e. The van der Waals surface area contributed by atoms with Crippen molar-refractivity contribution >= 4 is 17.2 Å². The molecule has 2 aromatic heterocycles. The Morgan fingerprint density at radius 3 is 2.79 bits per heavy atom. The molecule has 1 aliphatic heterocycles. The normalized spacial score (nSPS) is 18.1. The number of aromatic nitrogens is 2. The zero-order valence-corrected chi connectivity index (χ0v) is 14.5. The number of nitrogens with two attached hydrogens (primary N) is 1. The number of nitrogens with one attached hydrogen (secondary N) is 1. The van der Waals surface area contributed by atoms with E-state index in [1.54, 1.807) is 12.4 Å². The highest BCUT2D eigenvalue weighted by atomic mass is 32.1. The minimum absolute atomic E-state index is 0.116. The van der Waals surface area contributed by atoms with E-state index in [0.29, 0.717) is 13.2 Å². The number of pyridine rings is 1. The van der Waals surface area contributed by atoms with Crippen LogP contribution < -0.4 is 11.1 Å². The third-order valence-electron chi connectivity index (χ3n) is 4.30. The first-order valence-electron chi connectivity index (χ1n) is 8.14.